The highest BCUT2D eigenvalue weighted by Gasteiger charge is 2.36. The zero-order chi connectivity index (χ0) is 6.20. The van der Waals surface area contributed by atoms with Gasteiger partial charge in [-0.05, 0) is 0 Å². The van der Waals surface area contributed by atoms with Crippen LogP contribution in [0.5, 0.6) is 0 Å². The molecule has 0 amide bonds. The molecule has 1 aliphatic heterocycles. The average molecular weight is 120 g/mol. The second-order valence-electron chi connectivity index (χ2n) is 2.16. The first kappa shape index (κ1) is 5.95. The van der Waals surface area contributed by atoms with Gasteiger partial charge in [-0.15, -0.1) is 0 Å². The third-order valence-electron chi connectivity index (χ3n) is 1.25. The van der Waals surface area contributed by atoms with Crippen LogP contribution in [0.1, 0.15) is 6.42 Å². The minimum absolute atomic E-state index is 0.0312. The van der Waals surface area contributed by atoms with Crippen molar-refractivity contribution in [1.29, 1.82) is 0 Å². The Morgan fingerprint density at radius 3 is 2.25 bits per heavy atom. The molecule has 1 fully saturated rings. The van der Waals surface area contributed by atoms with Gasteiger partial charge in [-0.3, -0.25) is 4.90 Å². The Bertz CT molecular complexity index is 92.4. The van der Waals surface area contributed by atoms with Crippen LogP contribution in [0.3, 0.4) is 0 Å². The molecule has 0 aromatic carbocycles. The van der Waals surface area contributed by atoms with Crippen LogP contribution in [-0.2, 0) is 0 Å². The van der Waals surface area contributed by atoms with Crippen LogP contribution < -0.4 is 0 Å². The first-order chi connectivity index (χ1) is 3.60. The molecule has 1 radical (unpaired) electrons. The lowest BCUT2D eigenvalue weighted by Gasteiger charge is -2.06. The van der Waals surface area contributed by atoms with Crippen LogP contribution in [0.25, 0.3) is 0 Å². The van der Waals surface area contributed by atoms with Crippen molar-refractivity contribution in [3.05, 3.63) is 7.05 Å². The van der Waals surface area contributed by atoms with Crippen LogP contribution in [-0.4, -0.2) is 23.9 Å². The van der Waals surface area contributed by atoms with Gasteiger partial charge in [-0.2, -0.15) is 0 Å². The number of halogens is 2. The Morgan fingerprint density at radius 1 is 1.50 bits per heavy atom. The molecule has 1 nitrogen and oxygen atoms in total. The number of rotatable bonds is 0. The van der Waals surface area contributed by atoms with Crippen molar-refractivity contribution in [3.63, 3.8) is 0 Å². The van der Waals surface area contributed by atoms with Crippen LogP contribution in [0, 0.1) is 7.05 Å². The summed E-state index contributed by atoms with van der Waals surface area (Å²) in [7, 11) is 3.39. The van der Waals surface area contributed by atoms with Crippen LogP contribution in [0.15, 0.2) is 0 Å². The summed E-state index contributed by atoms with van der Waals surface area (Å²) in [5, 5.41) is 0. The van der Waals surface area contributed by atoms with Gasteiger partial charge in [-0.25, -0.2) is 8.78 Å². The number of likely N-dealkylation sites (tertiary alicyclic amines) is 1. The van der Waals surface area contributed by atoms with Crippen molar-refractivity contribution < 1.29 is 8.78 Å². The monoisotopic (exact) mass is 120 g/mol. The molecule has 1 heterocycles. The Labute approximate surface area is 47.3 Å². The summed E-state index contributed by atoms with van der Waals surface area (Å²) >= 11 is 0. The smallest absolute Gasteiger partial charge is 0.261 e. The summed E-state index contributed by atoms with van der Waals surface area (Å²) < 4.78 is 24.2. The Hall–Kier alpha value is -0.180. The lowest BCUT2D eigenvalue weighted by molar-refractivity contribution is 0.0159. The van der Waals surface area contributed by atoms with Crippen LogP contribution in [0.2, 0.25) is 0 Å². The van der Waals surface area contributed by atoms with E-state index in [1.54, 1.807) is 0 Å². The van der Waals surface area contributed by atoms with E-state index < -0.39 is 5.92 Å². The molecule has 0 aromatic heterocycles. The second-order valence-corrected chi connectivity index (χ2v) is 2.16. The molecule has 0 unspecified atom stereocenters. The maximum absolute atomic E-state index is 12.1. The fraction of sp³-hybridized carbons (Fsp3) is 0.800. The maximum atomic E-state index is 12.1. The lowest BCUT2D eigenvalue weighted by Crippen LogP contribution is -2.19. The van der Waals surface area contributed by atoms with Crippen molar-refractivity contribution in [3.8, 4) is 0 Å². The summed E-state index contributed by atoms with van der Waals surface area (Å²) in [6.07, 6.45) is -0.0312. The Kier molecular flexibility index (Phi) is 1.23. The van der Waals surface area contributed by atoms with Gasteiger partial charge < -0.3 is 0 Å². The van der Waals surface area contributed by atoms with Gasteiger partial charge in [0.05, 0.1) is 6.54 Å². The molecule has 0 aliphatic carbocycles. The predicted molar refractivity (Wildman–Crippen MR) is 26.5 cm³/mol. The predicted octanol–water partition coefficient (Wildman–Crippen LogP) is 1.12. The molecule has 3 heteroatoms. The molecule has 1 aliphatic rings. The third kappa shape index (κ3) is 1.15. The molecule has 47 valence electrons. The van der Waals surface area contributed by atoms with E-state index in [4.69, 9.17) is 0 Å². The topological polar surface area (TPSA) is 3.24 Å². The van der Waals surface area contributed by atoms with Gasteiger partial charge in [0, 0.05) is 20.0 Å². The van der Waals surface area contributed by atoms with E-state index in [0.29, 0.717) is 6.54 Å². The van der Waals surface area contributed by atoms with E-state index >= 15 is 0 Å². The SMILES string of the molecule is [CH2]N1CCC(F)(F)C1. The van der Waals surface area contributed by atoms with E-state index in [-0.39, 0.29) is 13.0 Å². The van der Waals surface area contributed by atoms with Gasteiger partial charge in [0.25, 0.3) is 5.92 Å². The fourth-order valence-corrected chi connectivity index (χ4v) is 0.807. The highest BCUT2D eigenvalue weighted by molar-refractivity contribution is 4.80. The molecule has 0 spiro atoms. The van der Waals surface area contributed by atoms with Gasteiger partial charge in [-0.1, -0.05) is 0 Å². The van der Waals surface area contributed by atoms with Gasteiger partial charge in [0.1, 0.15) is 0 Å². The number of hydrogen-bond donors (Lipinski definition) is 0. The maximum Gasteiger partial charge on any atom is 0.261 e. The van der Waals surface area contributed by atoms with Gasteiger partial charge in [0.15, 0.2) is 0 Å². The van der Waals surface area contributed by atoms with Crippen molar-refractivity contribution in [2.45, 2.75) is 12.3 Å². The van der Waals surface area contributed by atoms with Crippen molar-refractivity contribution in [2.24, 2.45) is 0 Å². The molecule has 0 N–H and O–H groups in total. The summed E-state index contributed by atoms with van der Waals surface area (Å²) in [5.41, 5.74) is 0. The summed E-state index contributed by atoms with van der Waals surface area (Å²) in [6.45, 7) is 0.250. The molecular formula is C5H8F2N. The Balaban J connectivity index is 2.44. The molecule has 1 rings (SSSR count). The second kappa shape index (κ2) is 1.65. The average Bonchev–Trinajstić information content (AvgIpc) is 1.82. The zero-order valence-electron chi connectivity index (χ0n) is 4.53. The van der Waals surface area contributed by atoms with E-state index in [0.717, 1.165) is 0 Å². The normalized spacial score (nSPS) is 28.9. The van der Waals surface area contributed by atoms with Crippen LogP contribution >= 0.6 is 0 Å². The molecule has 0 atom stereocenters. The molecule has 0 bridgehead atoms. The van der Waals surface area contributed by atoms with Crippen molar-refractivity contribution in [2.75, 3.05) is 13.1 Å². The number of hydrogen-bond acceptors (Lipinski definition) is 1. The van der Waals surface area contributed by atoms with Gasteiger partial charge >= 0.3 is 0 Å². The first-order valence-corrected chi connectivity index (χ1v) is 2.53. The third-order valence-corrected chi connectivity index (χ3v) is 1.25. The highest BCUT2D eigenvalue weighted by Crippen LogP contribution is 2.25. The van der Waals surface area contributed by atoms with E-state index in [1.807, 2.05) is 0 Å². The summed E-state index contributed by atoms with van der Waals surface area (Å²) in [6, 6.07) is 0. The minimum atomic E-state index is -2.47. The van der Waals surface area contributed by atoms with Crippen molar-refractivity contribution >= 4 is 0 Å². The molecule has 0 saturated carbocycles. The largest absolute Gasteiger partial charge is 0.296 e. The summed E-state index contributed by atoms with van der Waals surface area (Å²) in [4.78, 5) is 1.39. The summed E-state index contributed by atoms with van der Waals surface area (Å²) in [5.74, 6) is -2.47. The quantitative estimate of drug-likeness (QED) is 0.463. The zero-order valence-corrected chi connectivity index (χ0v) is 4.53. The first-order valence-electron chi connectivity index (χ1n) is 2.53. The molecule has 0 aromatic rings. The van der Waals surface area contributed by atoms with Crippen molar-refractivity contribution in [1.82, 2.24) is 4.90 Å². The minimum Gasteiger partial charge on any atom is -0.296 e. The number of nitrogens with zero attached hydrogens (tertiary/aromatic N) is 1. The Morgan fingerprint density at radius 2 is 2.12 bits per heavy atom. The van der Waals surface area contributed by atoms with Crippen LogP contribution in [0.4, 0.5) is 8.78 Å². The molecule has 8 heavy (non-hydrogen) atoms. The molecular weight excluding hydrogens is 112 g/mol. The molecule has 1 saturated heterocycles. The number of alkyl halides is 2. The standard InChI is InChI=1S/C5H8F2N/c1-8-3-2-5(6,7)4-8/h1-4H2. The van der Waals surface area contributed by atoms with E-state index in [2.05, 4.69) is 7.05 Å². The fourth-order valence-electron chi connectivity index (χ4n) is 0.807. The van der Waals surface area contributed by atoms with E-state index in [1.165, 1.54) is 4.90 Å². The lowest BCUT2D eigenvalue weighted by atomic mass is 10.3. The van der Waals surface area contributed by atoms with E-state index in [9.17, 15) is 8.78 Å². The highest BCUT2D eigenvalue weighted by atomic mass is 19.3. The van der Waals surface area contributed by atoms with Gasteiger partial charge in [0.2, 0.25) is 0 Å².